The molecule has 0 aromatic rings. The maximum Gasteiger partial charge on any atom is 0.197 e. The van der Waals surface area contributed by atoms with E-state index in [1.54, 1.807) is 6.92 Å². The lowest BCUT2D eigenvalue weighted by Crippen LogP contribution is -2.18. The summed E-state index contributed by atoms with van der Waals surface area (Å²) in [7, 11) is 0. The van der Waals surface area contributed by atoms with E-state index in [-0.39, 0.29) is 11.6 Å². The Hall–Kier alpha value is -0.220. The number of unbranched alkanes of at least 4 members (excludes halogenated alkanes) is 6. The quantitative estimate of drug-likeness (QED) is 0.389. The van der Waals surface area contributed by atoms with Gasteiger partial charge in [0.25, 0.3) is 0 Å². The molecule has 1 aliphatic rings. The van der Waals surface area contributed by atoms with Crippen molar-refractivity contribution in [1.82, 2.24) is 0 Å². The maximum absolute atomic E-state index is 12.2. The Balaban J connectivity index is 2.44. The van der Waals surface area contributed by atoms with E-state index in [1.165, 1.54) is 32.1 Å². The fourth-order valence-corrected chi connectivity index (χ4v) is 3.38. The van der Waals surface area contributed by atoms with Crippen molar-refractivity contribution in [2.24, 2.45) is 0 Å². The van der Waals surface area contributed by atoms with Gasteiger partial charge in [0, 0.05) is 11.1 Å². The summed E-state index contributed by atoms with van der Waals surface area (Å²) in [5.41, 5.74) is 1.12. The van der Waals surface area contributed by atoms with E-state index < -0.39 is 0 Å². The third-order valence-corrected chi connectivity index (χ3v) is 5.43. The third-order valence-electron chi connectivity index (χ3n) is 3.64. The molecule has 2 nitrogen and oxygen atoms in total. The van der Waals surface area contributed by atoms with Crippen molar-refractivity contribution in [3.8, 4) is 0 Å². The highest BCUT2D eigenvalue weighted by atomic mass is 79.9. The highest BCUT2D eigenvalue weighted by molar-refractivity contribution is 9.12. The van der Waals surface area contributed by atoms with E-state index in [9.17, 15) is 9.59 Å². The molecule has 0 atom stereocenters. The minimum Gasteiger partial charge on any atom is -0.288 e. The van der Waals surface area contributed by atoms with Crippen LogP contribution in [0.3, 0.4) is 0 Å². The van der Waals surface area contributed by atoms with Crippen molar-refractivity contribution in [1.29, 1.82) is 0 Å². The number of carbonyl (C=O) groups excluding carboxylic acids is 2. The topological polar surface area (TPSA) is 34.1 Å². The van der Waals surface area contributed by atoms with Gasteiger partial charge >= 0.3 is 0 Å². The Morgan fingerprint density at radius 2 is 1.35 bits per heavy atom. The zero-order valence-electron chi connectivity index (χ0n) is 12.2. The molecule has 0 amide bonds. The molecule has 20 heavy (non-hydrogen) atoms. The molecular formula is C16H22Br2O2. The van der Waals surface area contributed by atoms with E-state index in [1.807, 2.05) is 0 Å². The van der Waals surface area contributed by atoms with Crippen molar-refractivity contribution in [3.63, 3.8) is 0 Å². The average molecular weight is 406 g/mol. The van der Waals surface area contributed by atoms with Gasteiger partial charge in [-0.2, -0.15) is 0 Å². The zero-order valence-corrected chi connectivity index (χ0v) is 15.4. The molecule has 0 heterocycles. The molecule has 0 N–H and O–H groups in total. The van der Waals surface area contributed by atoms with Crippen LogP contribution in [0.4, 0.5) is 0 Å². The van der Waals surface area contributed by atoms with E-state index in [0.29, 0.717) is 26.5 Å². The summed E-state index contributed by atoms with van der Waals surface area (Å²) in [6, 6.07) is 0. The van der Waals surface area contributed by atoms with Gasteiger partial charge in [0.05, 0.1) is 8.96 Å². The molecule has 112 valence electrons. The summed E-state index contributed by atoms with van der Waals surface area (Å²) in [4.78, 5) is 24.1. The second-order valence-electron chi connectivity index (χ2n) is 5.26. The van der Waals surface area contributed by atoms with E-state index >= 15 is 0 Å². The number of rotatable bonds is 8. The van der Waals surface area contributed by atoms with Crippen molar-refractivity contribution in [3.05, 3.63) is 20.1 Å². The second-order valence-corrected chi connectivity index (χ2v) is 6.85. The number of hydrogen-bond acceptors (Lipinski definition) is 2. The predicted molar refractivity (Wildman–Crippen MR) is 90.2 cm³/mol. The van der Waals surface area contributed by atoms with Crippen LogP contribution in [0, 0.1) is 0 Å². The number of halogens is 2. The fourth-order valence-electron chi connectivity index (χ4n) is 2.29. The van der Waals surface area contributed by atoms with Gasteiger partial charge in [-0.3, -0.25) is 9.59 Å². The summed E-state index contributed by atoms with van der Waals surface area (Å²) in [5.74, 6) is -0.116. The van der Waals surface area contributed by atoms with Gasteiger partial charge in [-0.15, -0.1) is 0 Å². The van der Waals surface area contributed by atoms with Gasteiger partial charge in [-0.25, -0.2) is 0 Å². The molecule has 0 saturated heterocycles. The molecule has 1 rings (SSSR count). The zero-order chi connectivity index (χ0) is 15.1. The monoisotopic (exact) mass is 404 g/mol. The van der Waals surface area contributed by atoms with Crippen LogP contribution in [-0.4, -0.2) is 11.6 Å². The van der Waals surface area contributed by atoms with Crippen LogP contribution in [-0.2, 0) is 9.59 Å². The fraction of sp³-hybridized carbons (Fsp3) is 0.625. The molecular weight excluding hydrogens is 384 g/mol. The lowest BCUT2D eigenvalue weighted by atomic mass is 9.94. The molecule has 0 spiro atoms. The normalized spacial score (nSPS) is 16.4. The van der Waals surface area contributed by atoms with Gasteiger partial charge in [0.15, 0.2) is 11.6 Å². The predicted octanol–water partition coefficient (Wildman–Crippen LogP) is 5.60. The van der Waals surface area contributed by atoms with Crippen LogP contribution in [0.15, 0.2) is 20.1 Å². The Morgan fingerprint density at radius 3 is 1.95 bits per heavy atom. The highest BCUT2D eigenvalue weighted by Crippen LogP contribution is 2.33. The van der Waals surface area contributed by atoms with E-state index in [2.05, 4.69) is 38.8 Å². The summed E-state index contributed by atoms with van der Waals surface area (Å²) in [6.07, 6.45) is 9.11. The summed E-state index contributed by atoms with van der Waals surface area (Å²) in [5, 5.41) is 0. The third kappa shape index (κ3) is 4.66. The lowest BCUT2D eigenvalue weighted by Gasteiger charge is -2.16. The molecule has 0 aromatic carbocycles. The molecule has 0 unspecified atom stereocenters. The Bertz CT molecular complexity index is 447. The molecule has 4 heteroatoms. The molecule has 0 radical (unpaired) electrons. The molecule has 0 bridgehead atoms. The first-order chi connectivity index (χ1) is 9.50. The summed E-state index contributed by atoms with van der Waals surface area (Å²) in [6.45, 7) is 3.89. The summed E-state index contributed by atoms with van der Waals surface area (Å²) < 4.78 is 0.873. The minimum absolute atomic E-state index is 0.0417. The van der Waals surface area contributed by atoms with Crippen molar-refractivity contribution in [2.75, 3.05) is 0 Å². The van der Waals surface area contributed by atoms with Gasteiger partial charge < -0.3 is 0 Å². The largest absolute Gasteiger partial charge is 0.288 e. The van der Waals surface area contributed by atoms with Crippen molar-refractivity contribution in [2.45, 2.75) is 65.2 Å². The van der Waals surface area contributed by atoms with Crippen LogP contribution in [0.1, 0.15) is 65.2 Å². The van der Waals surface area contributed by atoms with E-state index in [4.69, 9.17) is 0 Å². The molecule has 1 aliphatic carbocycles. The number of carbonyl (C=O) groups is 2. The van der Waals surface area contributed by atoms with Crippen LogP contribution < -0.4 is 0 Å². The van der Waals surface area contributed by atoms with Crippen LogP contribution in [0.5, 0.6) is 0 Å². The van der Waals surface area contributed by atoms with Crippen molar-refractivity contribution >= 4 is 43.4 Å². The first kappa shape index (κ1) is 17.8. The Kier molecular flexibility index (Phi) is 7.96. The second kappa shape index (κ2) is 8.93. The molecule has 0 aliphatic heterocycles. The maximum atomic E-state index is 12.2. The lowest BCUT2D eigenvalue weighted by molar-refractivity contribution is -0.115. The standard InChI is InChI=1S/C16H22Br2O2/c1-3-4-5-6-7-8-9-10-12-14(18)15(19)11(2)13(17)16(12)20/h3-10H2,1-2H3. The first-order valence-corrected chi connectivity index (χ1v) is 8.93. The van der Waals surface area contributed by atoms with Crippen LogP contribution in [0.25, 0.3) is 0 Å². The Morgan fingerprint density at radius 1 is 0.800 bits per heavy atom. The minimum atomic E-state index is -0.0746. The molecule has 0 saturated carbocycles. The van der Waals surface area contributed by atoms with Gasteiger partial charge in [-0.1, -0.05) is 45.4 Å². The van der Waals surface area contributed by atoms with Gasteiger partial charge in [0.1, 0.15) is 0 Å². The van der Waals surface area contributed by atoms with Crippen molar-refractivity contribution < 1.29 is 9.59 Å². The number of hydrogen-bond donors (Lipinski definition) is 0. The molecule has 0 aromatic heterocycles. The smallest absolute Gasteiger partial charge is 0.197 e. The van der Waals surface area contributed by atoms with Gasteiger partial charge in [0.2, 0.25) is 0 Å². The Labute approximate surface area is 138 Å². The van der Waals surface area contributed by atoms with E-state index in [0.717, 1.165) is 12.8 Å². The number of ketones is 2. The summed E-state index contributed by atoms with van der Waals surface area (Å²) >= 11 is 6.52. The number of Topliss-reactive ketones (excluding diaryl/α,β-unsaturated/α-hetero) is 2. The SMILES string of the molecule is CCCCCCCCCC1=C(Br)C(=O)C(C)=C(Br)C1=O. The molecule has 0 fully saturated rings. The van der Waals surface area contributed by atoms with Crippen LogP contribution >= 0.6 is 31.9 Å². The first-order valence-electron chi connectivity index (χ1n) is 7.35. The highest BCUT2D eigenvalue weighted by Gasteiger charge is 2.29. The average Bonchev–Trinajstić information content (AvgIpc) is 2.45. The van der Waals surface area contributed by atoms with Crippen LogP contribution in [0.2, 0.25) is 0 Å². The van der Waals surface area contributed by atoms with Gasteiger partial charge in [-0.05, 0) is 51.6 Å². The number of allylic oxidation sites excluding steroid dienone is 4.